The Labute approximate surface area is 97.3 Å². The largest absolute Gasteiger partial charge is 0.228 e. The summed E-state index contributed by atoms with van der Waals surface area (Å²) < 4.78 is 1.85. The molecular formula is C14H9N3. The summed E-state index contributed by atoms with van der Waals surface area (Å²) in [6, 6.07) is 16.2. The van der Waals surface area contributed by atoms with E-state index in [0.717, 1.165) is 27.5 Å². The Morgan fingerprint density at radius 3 is 2.53 bits per heavy atom. The number of rotatable bonds is 0. The molecule has 3 nitrogen and oxygen atoms in total. The first-order chi connectivity index (χ1) is 8.42. The molecule has 2 heterocycles. The molecule has 0 radical (unpaired) electrons. The van der Waals surface area contributed by atoms with Crippen molar-refractivity contribution in [2.24, 2.45) is 0 Å². The lowest BCUT2D eigenvalue weighted by molar-refractivity contribution is 0.972. The topological polar surface area (TPSA) is 30.2 Å². The fourth-order valence-electron chi connectivity index (χ4n) is 2.18. The molecule has 2 aromatic heterocycles. The predicted molar refractivity (Wildman–Crippen MR) is 68.0 cm³/mol. The lowest BCUT2D eigenvalue weighted by atomic mass is 10.2. The Kier molecular flexibility index (Phi) is 1.56. The molecule has 0 atom stereocenters. The highest BCUT2D eigenvalue weighted by Gasteiger charge is 2.06. The third kappa shape index (κ3) is 1.16. The van der Waals surface area contributed by atoms with Crippen molar-refractivity contribution in [3.05, 3.63) is 54.7 Å². The summed E-state index contributed by atoms with van der Waals surface area (Å²) in [6.45, 7) is 0. The van der Waals surface area contributed by atoms with Crippen LogP contribution in [0.25, 0.3) is 27.5 Å². The van der Waals surface area contributed by atoms with Gasteiger partial charge in [-0.3, -0.25) is 0 Å². The molecule has 0 spiro atoms. The van der Waals surface area contributed by atoms with Gasteiger partial charge in [-0.2, -0.15) is 5.10 Å². The minimum absolute atomic E-state index is 0.916. The third-order valence-electron chi connectivity index (χ3n) is 3.00. The summed E-state index contributed by atoms with van der Waals surface area (Å²) in [5.74, 6) is 0. The molecule has 2 aromatic carbocycles. The van der Waals surface area contributed by atoms with Crippen LogP contribution in [0.15, 0.2) is 54.7 Å². The van der Waals surface area contributed by atoms with Gasteiger partial charge in [0, 0.05) is 17.0 Å². The maximum atomic E-state index is 4.67. The van der Waals surface area contributed by atoms with Crippen LogP contribution < -0.4 is 0 Å². The number of nitrogens with zero attached hydrogens (tertiary/aromatic N) is 3. The molecule has 4 aromatic rings. The molecule has 4 rings (SSSR count). The highest BCUT2D eigenvalue weighted by atomic mass is 15.2. The van der Waals surface area contributed by atoms with Crippen molar-refractivity contribution in [1.29, 1.82) is 0 Å². The lowest BCUT2D eigenvalue weighted by Gasteiger charge is -1.97. The zero-order valence-corrected chi connectivity index (χ0v) is 9.04. The van der Waals surface area contributed by atoms with E-state index < -0.39 is 0 Å². The molecule has 0 aliphatic carbocycles. The summed E-state index contributed by atoms with van der Waals surface area (Å²) in [4.78, 5) is 4.67. The van der Waals surface area contributed by atoms with Crippen molar-refractivity contribution in [2.45, 2.75) is 0 Å². The molecule has 3 heteroatoms. The van der Waals surface area contributed by atoms with Crippen LogP contribution in [0.2, 0.25) is 0 Å². The van der Waals surface area contributed by atoms with Crippen molar-refractivity contribution >= 4 is 27.5 Å². The number of benzene rings is 2. The van der Waals surface area contributed by atoms with Crippen LogP contribution >= 0.6 is 0 Å². The third-order valence-corrected chi connectivity index (χ3v) is 3.00. The average molecular weight is 219 g/mol. The second-order valence-electron chi connectivity index (χ2n) is 4.09. The van der Waals surface area contributed by atoms with E-state index in [1.165, 1.54) is 0 Å². The molecule has 0 bridgehead atoms. The van der Waals surface area contributed by atoms with Crippen LogP contribution in [0.5, 0.6) is 0 Å². The van der Waals surface area contributed by atoms with Gasteiger partial charge in [-0.05, 0) is 18.2 Å². The quantitative estimate of drug-likeness (QED) is 0.455. The van der Waals surface area contributed by atoms with E-state index in [9.17, 15) is 0 Å². The molecule has 0 aliphatic rings. The van der Waals surface area contributed by atoms with Crippen molar-refractivity contribution < 1.29 is 0 Å². The second kappa shape index (κ2) is 3.04. The molecule has 0 saturated carbocycles. The number of fused-ring (bicyclic) bond motifs is 4. The average Bonchev–Trinajstić information content (AvgIpc) is 2.73. The van der Waals surface area contributed by atoms with Gasteiger partial charge in [0.25, 0.3) is 0 Å². The fraction of sp³-hybridized carbons (Fsp3) is 0. The van der Waals surface area contributed by atoms with Crippen LogP contribution in [-0.2, 0) is 0 Å². The first-order valence-electron chi connectivity index (χ1n) is 5.55. The van der Waals surface area contributed by atoms with Crippen molar-refractivity contribution in [3.8, 4) is 0 Å². The Morgan fingerprint density at radius 2 is 1.59 bits per heavy atom. The fourth-order valence-corrected chi connectivity index (χ4v) is 2.18. The molecule has 0 aliphatic heterocycles. The van der Waals surface area contributed by atoms with E-state index in [2.05, 4.69) is 16.1 Å². The van der Waals surface area contributed by atoms with Gasteiger partial charge < -0.3 is 0 Å². The van der Waals surface area contributed by atoms with Crippen LogP contribution in [0, 0.1) is 0 Å². The van der Waals surface area contributed by atoms with E-state index in [-0.39, 0.29) is 0 Å². The lowest BCUT2D eigenvalue weighted by Crippen LogP contribution is -1.90. The Bertz CT molecular complexity index is 840. The summed E-state index contributed by atoms with van der Waals surface area (Å²) in [5.41, 5.74) is 2.90. The summed E-state index contributed by atoms with van der Waals surface area (Å²) >= 11 is 0. The molecule has 0 saturated heterocycles. The molecule has 0 fully saturated rings. The zero-order chi connectivity index (χ0) is 11.2. The molecular weight excluding hydrogens is 210 g/mol. The first kappa shape index (κ1) is 8.70. The van der Waals surface area contributed by atoms with E-state index in [4.69, 9.17) is 0 Å². The smallest absolute Gasteiger partial charge is 0.163 e. The molecule has 0 unspecified atom stereocenters. The van der Waals surface area contributed by atoms with Crippen molar-refractivity contribution in [3.63, 3.8) is 0 Å². The summed E-state index contributed by atoms with van der Waals surface area (Å²) in [7, 11) is 0. The minimum atomic E-state index is 0.916. The van der Waals surface area contributed by atoms with E-state index in [1.807, 2.05) is 53.2 Å². The van der Waals surface area contributed by atoms with E-state index in [1.54, 1.807) is 0 Å². The van der Waals surface area contributed by atoms with Crippen LogP contribution in [0.3, 0.4) is 0 Å². The summed E-state index contributed by atoms with van der Waals surface area (Å²) in [6.07, 6.45) is 2.03. The number of para-hydroxylation sites is 1. The second-order valence-corrected chi connectivity index (χ2v) is 4.09. The molecule has 80 valence electrons. The van der Waals surface area contributed by atoms with Crippen LogP contribution in [-0.4, -0.2) is 14.6 Å². The number of aromatic nitrogens is 3. The van der Waals surface area contributed by atoms with Gasteiger partial charge >= 0.3 is 0 Å². The molecule has 0 N–H and O–H groups in total. The normalized spacial score (nSPS) is 11.5. The summed E-state index contributed by atoms with van der Waals surface area (Å²) in [5, 5.41) is 6.72. The Hall–Kier alpha value is -2.42. The standard InChI is InChI=1S/C14H9N3/c1-3-7-12-10(5-1)9-17-14(15-12)11-6-2-4-8-13(11)16-17/h1-9H. The van der Waals surface area contributed by atoms with Gasteiger partial charge in [0.1, 0.15) is 0 Å². The minimum Gasteiger partial charge on any atom is -0.228 e. The Balaban J connectivity index is 2.28. The zero-order valence-electron chi connectivity index (χ0n) is 9.04. The predicted octanol–water partition coefficient (Wildman–Crippen LogP) is 3.04. The van der Waals surface area contributed by atoms with Gasteiger partial charge in [0.05, 0.1) is 11.0 Å². The maximum Gasteiger partial charge on any atom is 0.163 e. The van der Waals surface area contributed by atoms with E-state index >= 15 is 0 Å². The molecule has 17 heavy (non-hydrogen) atoms. The SMILES string of the molecule is c1ccc2nc3c4ccccc4nn3cc2c1. The van der Waals surface area contributed by atoms with Crippen molar-refractivity contribution in [2.75, 3.05) is 0 Å². The van der Waals surface area contributed by atoms with Gasteiger partial charge in [-0.1, -0.05) is 30.3 Å². The number of hydrogen-bond donors (Lipinski definition) is 0. The highest BCUT2D eigenvalue weighted by molar-refractivity contribution is 5.94. The number of hydrogen-bond acceptors (Lipinski definition) is 2. The Morgan fingerprint density at radius 1 is 0.824 bits per heavy atom. The highest BCUT2D eigenvalue weighted by Crippen LogP contribution is 2.20. The van der Waals surface area contributed by atoms with Gasteiger partial charge in [0.2, 0.25) is 0 Å². The maximum absolute atomic E-state index is 4.67. The van der Waals surface area contributed by atoms with Crippen molar-refractivity contribution in [1.82, 2.24) is 14.6 Å². The van der Waals surface area contributed by atoms with Crippen LogP contribution in [0.1, 0.15) is 0 Å². The van der Waals surface area contributed by atoms with E-state index in [0.29, 0.717) is 0 Å². The van der Waals surface area contributed by atoms with Gasteiger partial charge in [0.15, 0.2) is 5.65 Å². The van der Waals surface area contributed by atoms with Crippen LogP contribution in [0.4, 0.5) is 0 Å². The van der Waals surface area contributed by atoms with Gasteiger partial charge in [-0.15, -0.1) is 0 Å². The first-order valence-corrected chi connectivity index (χ1v) is 5.55. The monoisotopic (exact) mass is 219 g/mol. The van der Waals surface area contributed by atoms with Gasteiger partial charge in [-0.25, -0.2) is 9.50 Å². The molecule has 0 amide bonds.